The predicted octanol–water partition coefficient (Wildman–Crippen LogP) is 3.53. The summed E-state index contributed by atoms with van der Waals surface area (Å²) in [5.74, 6) is -0.399. The smallest absolute Gasteiger partial charge is 0.267 e. The summed E-state index contributed by atoms with van der Waals surface area (Å²) < 4.78 is 0. The number of amides is 1. The normalized spacial score (nSPS) is 11.1. The Morgan fingerprint density at radius 1 is 1.09 bits per heavy atom. The number of carbonyl (C=O) groups is 1. The molecule has 0 saturated carbocycles. The Bertz CT molecular complexity index is 710. The van der Waals surface area contributed by atoms with Crippen LogP contribution in [-0.4, -0.2) is 16.5 Å². The molecule has 0 spiro atoms. The van der Waals surface area contributed by atoms with Gasteiger partial charge in [-0.3, -0.25) is 14.9 Å². The minimum atomic E-state index is -0.505. The topological polar surface area (TPSA) is 84.6 Å². The van der Waals surface area contributed by atoms with E-state index in [0.29, 0.717) is 5.56 Å². The number of carbonyl (C=O) groups excluding carboxylic acids is 1. The van der Waals surface area contributed by atoms with Gasteiger partial charge in [-0.15, -0.1) is 0 Å². The second-order valence-corrected chi connectivity index (χ2v) is 4.92. The average Bonchev–Trinajstić information content (AvgIpc) is 2.59. The molecular weight excluding hydrogens is 294 g/mol. The van der Waals surface area contributed by atoms with Gasteiger partial charge >= 0.3 is 0 Å². The van der Waals surface area contributed by atoms with Crippen LogP contribution in [0.3, 0.4) is 0 Å². The molecule has 6 nitrogen and oxygen atoms in total. The molecule has 0 unspecified atom stereocenters. The van der Waals surface area contributed by atoms with E-state index in [1.54, 1.807) is 0 Å². The average molecular weight is 311 g/mol. The molecule has 0 bridgehead atoms. The van der Waals surface area contributed by atoms with Gasteiger partial charge in [0.25, 0.3) is 11.6 Å². The highest BCUT2D eigenvalue weighted by atomic mass is 16.6. The summed E-state index contributed by atoms with van der Waals surface area (Å²) >= 11 is 0. The van der Waals surface area contributed by atoms with Gasteiger partial charge in [-0.2, -0.15) is 5.10 Å². The Hall–Kier alpha value is -3.02. The molecule has 0 fully saturated rings. The molecular formula is C17H17N3O3. The zero-order valence-corrected chi connectivity index (χ0v) is 12.7. The van der Waals surface area contributed by atoms with Gasteiger partial charge in [0.05, 0.1) is 10.6 Å². The number of hydrazone groups is 1. The van der Waals surface area contributed by atoms with E-state index < -0.39 is 10.8 Å². The molecule has 2 rings (SSSR count). The summed E-state index contributed by atoms with van der Waals surface area (Å²) in [7, 11) is 0. The van der Waals surface area contributed by atoms with Crippen molar-refractivity contribution in [1.29, 1.82) is 0 Å². The molecule has 0 radical (unpaired) electrons. The summed E-state index contributed by atoms with van der Waals surface area (Å²) in [5, 5.41) is 14.8. The predicted molar refractivity (Wildman–Crippen MR) is 88.4 cm³/mol. The van der Waals surface area contributed by atoms with Crippen molar-refractivity contribution in [3.63, 3.8) is 0 Å². The van der Waals surface area contributed by atoms with Crippen molar-refractivity contribution in [2.45, 2.75) is 19.8 Å². The maximum atomic E-state index is 12.1. The summed E-state index contributed by atoms with van der Waals surface area (Å²) in [4.78, 5) is 22.2. The van der Waals surface area contributed by atoms with Crippen molar-refractivity contribution in [2.24, 2.45) is 5.10 Å². The van der Waals surface area contributed by atoms with E-state index in [0.717, 1.165) is 24.1 Å². The molecule has 118 valence electrons. The fourth-order valence-corrected chi connectivity index (χ4v) is 2.05. The molecule has 0 aliphatic rings. The molecule has 0 heterocycles. The highest BCUT2D eigenvalue weighted by Crippen LogP contribution is 2.12. The Kier molecular flexibility index (Phi) is 5.57. The lowest BCUT2D eigenvalue weighted by Crippen LogP contribution is -2.20. The lowest BCUT2D eigenvalue weighted by atomic mass is 10.1. The highest BCUT2D eigenvalue weighted by molar-refractivity contribution is 6.02. The van der Waals surface area contributed by atoms with Crippen molar-refractivity contribution in [1.82, 2.24) is 5.43 Å². The number of benzene rings is 2. The molecule has 0 aromatic heterocycles. The number of nitrogens with zero attached hydrogens (tertiary/aromatic N) is 2. The third-order valence-electron chi connectivity index (χ3n) is 3.23. The molecule has 6 heteroatoms. The molecule has 2 aromatic carbocycles. The molecule has 0 aliphatic heterocycles. The van der Waals surface area contributed by atoms with Crippen LogP contribution in [0.25, 0.3) is 0 Å². The Morgan fingerprint density at radius 3 is 2.30 bits per heavy atom. The van der Waals surface area contributed by atoms with Crippen LogP contribution in [0.4, 0.5) is 5.69 Å². The molecule has 1 N–H and O–H groups in total. The fourth-order valence-electron chi connectivity index (χ4n) is 2.05. The standard InChI is InChI=1S/C17H17N3O3/c1-2-6-16(13-7-4-3-5-8-13)18-19-17(21)14-9-11-15(12-10-14)20(22)23/h3-5,7-12H,2,6H2,1H3,(H,19,21)/b18-16-. The first-order valence-electron chi connectivity index (χ1n) is 7.28. The monoisotopic (exact) mass is 311 g/mol. The van der Waals surface area contributed by atoms with Crippen LogP contribution < -0.4 is 5.43 Å². The van der Waals surface area contributed by atoms with Crippen LogP contribution in [0.1, 0.15) is 35.7 Å². The van der Waals surface area contributed by atoms with E-state index in [1.807, 2.05) is 37.3 Å². The number of nitrogens with one attached hydrogen (secondary N) is 1. The summed E-state index contributed by atoms with van der Waals surface area (Å²) in [6.45, 7) is 2.04. The van der Waals surface area contributed by atoms with Gasteiger partial charge < -0.3 is 0 Å². The second kappa shape index (κ2) is 7.84. The van der Waals surface area contributed by atoms with E-state index in [2.05, 4.69) is 10.5 Å². The Labute approximate surface area is 134 Å². The largest absolute Gasteiger partial charge is 0.271 e. The number of hydrogen-bond acceptors (Lipinski definition) is 4. The summed E-state index contributed by atoms with van der Waals surface area (Å²) in [6.07, 6.45) is 1.64. The zero-order valence-electron chi connectivity index (χ0n) is 12.7. The molecule has 1 amide bonds. The molecule has 23 heavy (non-hydrogen) atoms. The van der Waals surface area contributed by atoms with E-state index in [4.69, 9.17) is 0 Å². The van der Waals surface area contributed by atoms with Gasteiger partial charge in [0.15, 0.2) is 0 Å². The summed E-state index contributed by atoms with van der Waals surface area (Å²) in [5.41, 5.74) is 4.53. The third kappa shape index (κ3) is 4.47. The van der Waals surface area contributed by atoms with Crippen LogP contribution in [0.15, 0.2) is 59.7 Å². The van der Waals surface area contributed by atoms with E-state index >= 15 is 0 Å². The maximum Gasteiger partial charge on any atom is 0.271 e. The SMILES string of the molecule is CCC/C(=N/NC(=O)c1ccc([N+](=O)[O-])cc1)c1ccccc1. The number of rotatable bonds is 6. The van der Waals surface area contributed by atoms with Crippen LogP contribution in [0.5, 0.6) is 0 Å². The quantitative estimate of drug-likeness (QED) is 0.503. The van der Waals surface area contributed by atoms with Gasteiger partial charge in [-0.25, -0.2) is 5.43 Å². The van der Waals surface area contributed by atoms with Crippen molar-refractivity contribution >= 4 is 17.3 Å². The number of hydrogen-bond donors (Lipinski definition) is 1. The minimum absolute atomic E-state index is 0.0546. The molecule has 0 saturated heterocycles. The first kappa shape index (κ1) is 16.4. The first-order valence-corrected chi connectivity index (χ1v) is 7.28. The Morgan fingerprint density at radius 2 is 1.74 bits per heavy atom. The summed E-state index contributed by atoms with van der Waals surface area (Å²) in [6, 6.07) is 15.0. The van der Waals surface area contributed by atoms with Crippen LogP contribution in [0.2, 0.25) is 0 Å². The number of non-ortho nitro benzene ring substituents is 1. The number of nitro benzene ring substituents is 1. The lowest BCUT2D eigenvalue weighted by molar-refractivity contribution is -0.384. The molecule has 2 aromatic rings. The number of nitro groups is 1. The van der Waals surface area contributed by atoms with E-state index in [9.17, 15) is 14.9 Å². The molecule has 0 aliphatic carbocycles. The minimum Gasteiger partial charge on any atom is -0.267 e. The Balaban J connectivity index is 2.12. The van der Waals surface area contributed by atoms with Gasteiger partial charge in [0, 0.05) is 17.7 Å². The van der Waals surface area contributed by atoms with Gasteiger partial charge in [0.2, 0.25) is 0 Å². The lowest BCUT2D eigenvalue weighted by Gasteiger charge is -2.06. The van der Waals surface area contributed by atoms with Gasteiger partial charge in [-0.1, -0.05) is 43.7 Å². The first-order chi connectivity index (χ1) is 11.1. The van der Waals surface area contributed by atoms with Crippen LogP contribution >= 0.6 is 0 Å². The zero-order chi connectivity index (χ0) is 16.7. The third-order valence-corrected chi connectivity index (χ3v) is 3.23. The van der Waals surface area contributed by atoms with E-state index in [-0.39, 0.29) is 5.69 Å². The highest BCUT2D eigenvalue weighted by Gasteiger charge is 2.09. The van der Waals surface area contributed by atoms with Crippen LogP contribution in [0, 0.1) is 10.1 Å². The second-order valence-electron chi connectivity index (χ2n) is 4.92. The van der Waals surface area contributed by atoms with Crippen molar-refractivity contribution in [3.8, 4) is 0 Å². The molecule has 0 atom stereocenters. The van der Waals surface area contributed by atoms with Gasteiger partial charge in [0.1, 0.15) is 0 Å². The fraction of sp³-hybridized carbons (Fsp3) is 0.176. The van der Waals surface area contributed by atoms with E-state index in [1.165, 1.54) is 24.3 Å². The van der Waals surface area contributed by atoms with Crippen LogP contribution in [-0.2, 0) is 0 Å². The van der Waals surface area contributed by atoms with Crippen molar-refractivity contribution in [2.75, 3.05) is 0 Å². The van der Waals surface area contributed by atoms with Crippen molar-refractivity contribution in [3.05, 3.63) is 75.8 Å². The van der Waals surface area contributed by atoms with Gasteiger partial charge in [-0.05, 0) is 24.1 Å². The van der Waals surface area contributed by atoms with Crippen molar-refractivity contribution < 1.29 is 9.72 Å². The maximum absolute atomic E-state index is 12.1.